The van der Waals surface area contributed by atoms with Gasteiger partial charge in [-0.25, -0.2) is 22.5 Å². The maximum absolute atomic E-state index is 3.20. The van der Waals surface area contributed by atoms with E-state index in [9.17, 15) is 0 Å². The molecule has 0 N–H and O–H groups in total. The van der Waals surface area contributed by atoms with Gasteiger partial charge in [0.25, 0.3) is 0 Å². The zero-order chi connectivity index (χ0) is 18.9. The van der Waals surface area contributed by atoms with Gasteiger partial charge in [0.2, 0.25) is 0 Å². The van der Waals surface area contributed by atoms with E-state index in [4.69, 9.17) is 0 Å². The molecule has 0 saturated carbocycles. The van der Waals surface area contributed by atoms with Gasteiger partial charge in [-0.15, -0.1) is 37.7 Å². The Bertz CT molecular complexity index is 613. The van der Waals surface area contributed by atoms with Crippen LogP contribution in [0.3, 0.4) is 0 Å². The Kier molecular flexibility index (Phi) is 22.7. The summed E-state index contributed by atoms with van der Waals surface area (Å²) in [6, 6.07) is 10.3. The molecule has 1 aromatic rings. The Hall–Kier alpha value is 0.294. The maximum Gasteiger partial charge on any atom is 3.00 e. The second kappa shape index (κ2) is 17.9. The predicted octanol–water partition coefficient (Wildman–Crippen LogP) is 6.34. The molecule has 0 aromatic heterocycles. The standard InChI is InChI=1S/2C8H13Si.C6H7Si.CH3.2ClH.Zr/c2*1-9(2,3)8-6-4-5-7-8;7-6-4-2-1-3-5-6;;;;/h2*6-7H,4H2,1-3H3;1-5H,7H2;1H3;2*1H;/q2*-1;;-1;;;+3. The van der Waals surface area contributed by atoms with E-state index in [1.807, 2.05) is 28.4 Å². The first-order chi connectivity index (χ1) is 11.6. The number of halogens is 2. The molecule has 0 spiro atoms. The number of allylic oxidation sites excluding steroid dienone is 8. The fourth-order valence-electron chi connectivity index (χ4n) is 2.32. The number of hydrogen-bond donors (Lipinski definition) is 0. The van der Waals surface area contributed by atoms with Crippen LogP contribution in [0.5, 0.6) is 0 Å². The van der Waals surface area contributed by atoms with E-state index in [1.54, 1.807) is 10.4 Å². The van der Waals surface area contributed by atoms with Gasteiger partial charge in [-0.05, 0) is 16.1 Å². The molecular weight excluding hydrogens is 523 g/mol. The summed E-state index contributed by atoms with van der Waals surface area (Å²) < 4.78 is 0. The molecule has 2 aliphatic carbocycles. The van der Waals surface area contributed by atoms with Crippen molar-refractivity contribution in [1.29, 1.82) is 0 Å². The second-order valence-corrected chi connectivity index (χ2v) is 19.4. The first-order valence-electron chi connectivity index (χ1n) is 9.02. The number of hydrogen-bond acceptors (Lipinski definition) is 0. The molecule has 160 valence electrons. The Morgan fingerprint density at radius 1 is 0.724 bits per heavy atom. The van der Waals surface area contributed by atoms with E-state index >= 15 is 0 Å². The van der Waals surface area contributed by atoms with Crippen molar-refractivity contribution >= 4 is 56.4 Å². The van der Waals surface area contributed by atoms with Crippen molar-refractivity contribution in [3.8, 4) is 0 Å². The molecule has 0 bridgehead atoms. The van der Waals surface area contributed by atoms with Crippen LogP contribution in [0.25, 0.3) is 0 Å². The largest absolute Gasteiger partial charge is 3.00 e. The number of benzene rings is 1. The monoisotopic (exact) mass is 558 g/mol. The summed E-state index contributed by atoms with van der Waals surface area (Å²) in [5.41, 5.74) is 0. The predicted molar refractivity (Wildman–Crippen MR) is 143 cm³/mol. The molecular formula is C23H38Cl2Si3Zr. The molecule has 0 unspecified atom stereocenters. The molecule has 0 amide bonds. The van der Waals surface area contributed by atoms with Gasteiger partial charge in [-0.1, -0.05) is 74.8 Å². The third-order valence-electron chi connectivity index (χ3n) is 3.97. The van der Waals surface area contributed by atoms with Gasteiger partial charge in [-0.2, -0.15) is 12.2 Å². The number of rotatable bonds is 2. The summed E-state index contributed by atoms with van der Waals surface area (Å²) in [5, 5.41) is 4.47. The first-order valence-corrected chi connectivity index (χ1v) is 16.7. The van der Waals surface area contributed by atoms with Crippen LogP contribution in [0.15, 0.2) is 65.0 Å². The first kappa shape index (κ1) is 36.7. The molecule has 6 heteroatoms. The van der Waals surface area contributed by atoms with Gasteiger partial charge in [-0.3, -0.25) is 12.2 Å². The molecule has 29 heavy (non-hydrogen) atoms. The minimum atomic E-state index is -0.981. The molecule has 0 atom stereocenters. The fourth-order valence-corrected chi connectivity index (χ4v) is 5.09. The van der Waals surface area contributed by atoms with Crippen LogP contribution in [0.4, 0.5) is 0 Å². The molecule has 0 aliphatic heterocycles. The van der Waals surface area contributed by atoms with Gasteiger partial charge >= 0.3 is 26.2 Å². The van der Waals surface area contributed by atoms with Crippen LogP contribution >= 0.6 is 24.8 Å². The van der Waals surface area contributed by atoms with E-state index in [0.29, 0.717) is 0 Å². The van der Waals surface area contributed by atoms with Gasteiger partial charge in [0.15, 0.2) is 0 Å². The summed E-state index contributed by atoms with van der Waals surface area (Å²) in [6.45, 7) is 14.2. The van der Waals surface area contributed by atoms with Gasteiger partial charge in [0.05, 0.1) is 0 Å². The molecule has 0 fully saturated rings. The van der Waals surface area contributed by atoms with Crippen LogP contribution in [-0.2, 0) is 26.2 Å². The van der Waals surface area contributed by atoms with Gasteiger partial charge < -0.3 is 7.43 Å². The molecule has 0 nitrogen and oxygen atoms in total. The summed E-state index contributed by atoms with van der Waals surface area (Å²) in [4.78, 5) is 0. The molecule has 2 radical (unpaired) electrons. The molecule has 3 rings (SSSR count). The summed E-state index contributed by atoms with van der Waals surface area (Å²) >= 11 is 0. The minimum absolute atomic E-state index is 0. The molecule has 0 heterocycles. The Morgan fingerprint density at radius 3 is 1.21 bits per heavy atom. The van der Waals surface area contributed by atoms with Crippen LogP contribution in [0.2, 0.25) is 39.3 Å². The maximum atomic E-state index is 3.20. The zero-order valence-corrected chi connectivity index (χ0v) is 26.6. The van der Waals surface area contributed by atoms with Crippen molar-refractivity contribution in [3.63, 3.8) is 0 Å². The SMILES string of the molecule is C[Si](C)(C)C1=CC[C-]=C1.C[Si](C)(C)C1=CC[C-]=C1.Cl.Cl.[CH3-].[SiH2]c1ccccc1.[Zr+3]. The third-order valence-corrected chi connectivity index (χ3v) is 8.60. The molecule has 1 aromatic carbocycles. The molecule has 2 aliphatic rings. The van der Waals surface area contributed by atoms with Crippen molar-refractivity contribution in [3.05, 3.63) is 84.6 Å². The Labute approximate surface area is 217 Å². The average Bonchev–Trinajstić information content (AvgIpc) is 3.22. The average molecular weight is 561 g/mol. The zero-order valence-electron chi connectivity index (χ0n) is 19.1. The second-order valence-electron chi connectivity index (χ2n) is 8.41. The van der Waals surface area contributed by atoms with Crippen molar-refractivity contribution in [2.45, 2.75) is 52.1 Å². The smallest absolute Gasteiger partial charge is 0.358 e. The van der Waals surface area contributed by atoms with Crippen molar-refractivity contribution in [1.82, 2.24) is 0 Å². The molecule has 0 saturated heterocycles. The van der Waals surface area contributed by atoms with E-state index in [0.717, 1.165) is 12.8 Å². The van der Waals surface area contributed by atoms with E-state index in [1.165, 1.54) is 5.19 Å². The summed E-state index contributed by atoms with van der Waals surface area (Å²) in [5.74, 6) is 0. The Morgan fingerprint density at radius 2 is 1.07 bits per heavy atom. The van der Waals surface area contributed by atoms with Crippen LogP contribution in [0, 0.1) is 19.6 Å². The van der Waals surface area contributed by atoms with Crippen LogP contribution in [-0.4, -0.2) is 26.4 Å². The van der Waals surface area contributed by atoms with Gasteiger partial charge in [0.1, 0.15) is 0 Å². The van der Waals surface area contributed by atoms with Crippen LogP contribution < -0.4 is 5.19 Å². The van der Waals surface area contributed by atoms with Crippen molar-refractivity contribution < 1.29 is 26.2 Å². The van der Waals surface area contributed by atoms with Crippen LogP contribution in [0.1, 0.15) is 12.8 Å². The van der Waals surface area contributed by atoms with E-state index in [2.05, 4.69) is 87.9 Å². The summed E-state index contributed by atoms with van der Waals surface area (Å²) in [6.07, 6.45) is 17.4. The van der Waals surface area contributed by atoms with E-state index in [-0.39, 0.29) is 58.4 Å². The Balaban J connectivity index is -0.000000152. The fraction of sp³-hybridized carbons (Fsp3) is 0.348. The quantitative estimate of drug-likeness (QED) is 0.292. The topological polar surface area (TPSA) is 0 Å². The summed E-state index contributed by atoms with van der Waals surface area (Å²) in [7, 11) is -0.0608. The van der Waals surface area contributed by atoms with Gasteiger partial charge in [0, 0.05) is 10.2 Å². The normalized spacial score (nSPS) is 13.5. The third kappa shape index (κ3) is 16.6. The minimum Gasteiger partial charge on any atom is -0.358 e. The van der Waals surface area contributed by atoms with Crippen molar-refractivity contribution in [2.24, 2.45) is 0 Å². The van der Waals surface area contributed by atoms with Crippen molar-refractivity contribution in [2.75, 3.05) is 0 Å². The van der Waals surface area contributed by atoms with E-state index < -0.39 is 16.1 Å².